The van der Waals surface area contributed by atoms with E-state index in [1.165, 1.54) is 10.6 Å². The number of carbonyl (C=O) groups excluding carboxylic acids is 2. The van der Waals surface area contributed by atoms with E-state index in [2.05, 4.69) is 10.3 Å². The molecule has 0 aliphatic carbocycles. The molecule has 0 saturated carbocycles. The van der Waals surface area contributed by atoms with Crippen LogP contribution in [0.25, 0.3) is 22.3 Å². The zero-order chi connectivity index (χ0) is 25.9. The monoisotopic (exact) mass is 495 g/mol. The maximum atomic E-state index is 13.6. The number of nitrogens with zero attached hydrogens (tertiary/aromatic N) is 2. The fourth-order valence-electron chi connectivity index (χ4n) is 4.75. The lowest BCUT2D eigenvalue weighted by molar-refractivity contribution is -0.210. The van der Waals surface area contributed by atoms with Gasteiger partial charge in [0, 0.05) is 35.5 Å². The van der Waals surface area contributed by atoms with Crippen LogP contribution >= 0.6 is 0 Å². The molecule has 11 nitrogen and oxygen atoms in total. The van der Waals surface area contributed by atoms with Gasteiger partial charge in [-0.15, -0.1) is 0 Å². The first-order chi connectivity index (χ1) is 17.0. The van der Waals surface area contributed by atoms with Crippen molar-refractivity contribution in [2.75, 3.05) is 0 Å². The zero-order valence-electron chi connectivity index (χ0n) is 19.9. The molecule has 0 bridgehead atoms. The first kappa shape index (κ1) is 23.9. The first-order valence-corrected chi connectivity index (χ1v) is 11.5. The van der Waals surface area contributed by atoms with E-state index in [-0.39, 0.29) is 36.4 Å². The van der Waals surface area contributed by atoms with Crippen molar-refractivity contribution in [2.24, 2.45) is 0 Å². The molecule has 2 aliphatic heterocycles. The molecule has 2 aliphatic rings. The van der Waals surface area contributed by atoms with Gasteiger partial charge >= 0.3 is 11.9 Å². The summed E-state index contributed by atoms with van der Waals surface area (Å²) in [6, 6.07) is 6.67. The van der Waals surface area contributed by atoms with Gasteiger partial charge in [-0.3, -0.25) is 14.9 Å². The van der Waals surface area contributed by atoms with Crippen molar-refractivity contribution in [1.29, 1.82) is 0 Å². The Balaban J connectivity index is 1.68. The largest absolute Gasteiger partial charge is 0.507 e. The standard InChI is InChI=1S/C25H25N3O8/c1-4-25(34)16-8-18-20-14(7-15-17(27-20)6-5-13(21(15)31)9-26-11(2)29)10-28(18)22(32)19(16)23(35-12(3)30)36-24(25)33/h5-8,11,23,26,29,31,34H,4,9-10H2,1-3H3/t11?,23?,25-/m0/s1. The van der Waals surface area contributed by atoms with Crippen LogP contribution in [0.4, 0.5) is 0 Å². The Labute approximate surface area is 204 Å². The fourth-order valence-corrected chi connectivity index (χ4v) is 4.75. The molecule has 4 N–H and O–H groups in total. The number of rotatable bonds is 5. The van der Waals surface area contributed by atoms with Gasteiger partial charge in [-0.05, 0) is 31.5 Å². The number of nitrogens with one attached hydrogen (secondary N) is 1. The summed E-state index contributed by atoms with van der Waals surface area (Å²) >= 11 is 0. The molecule has 36 heavy (non-hydrogen) atoms. The highest BCUT2D eigenvalue weighted by Crippen LogP contribution is 2.42. The quantitative estimate of drug-likeness (QED) is 0.234. The first-order valence-electron chi connectivity index (χ1n) is 11.5. The van der Waals surface area contributed by atoms with Crippen LogP contribution in [0.15, 0.2) is 29.1 Å². The number of phenolic OH excluding ortho intramolecular Hbond substituents is 1. The Morgan fingerprint density at radius 3 is 2.78 bits per heavy atom. The molecule has 0 fully saturated rings. The molecule has 0 spiro atoms. The highest BCUT2D eigenvalue weighted by Gasteiger charge is 2.50. The Morgan fingerprint density at radius 1 is 1.36 bits per heavy atom. The summed E-state index contributed by atoms with van der Waals surface area (Å²) in [6.07, 6.45) is -2.39. The van der Waals surface area contributed by atoms with Crippen LogP contribution in [0.5, 0.6) is 5.75 Å². The highest BCUT2D eigenvalue weighted by molar-refractivity contribution is 5.90. The predicted molar refractivity (Wildman–Crippen MR) is 126 cm³/mol. The number of hydrogen-bond acceptors (Lipinski definition) is 10. The molecule has 1 aromatic carbocycles. The molecular weight excluding hydrogens is 470 g/mol. The van der Waals surface area contributed by atoms with Crippen LogP contribution < -0.4 is 10.9 Å². The van der Waals surface area contributed by atoms with E-state index in [9.17, 15) is 29.7 Å². The topological polar surface area (TPSA) is 160 Å². The molecule has 188 valence electrons. The third-order valence-corrected chi connectivity index (χ3v) is 6.65. The zero-order valence-corrected chi connectivity index (χ0v) is 19.9. The van der Waals surface area contributed by atoms with Crippen LogP contribution in [0, 0.1) is 0 Å². The van der Waals surface area contributed by atoms with Gasteiger partial charge in [-0.1, -0.05) is 13.0 Å². The van der Waals surface area contributed by atoms with Crippen LogP contribution in [-0.2, 0) is 37.8 Å². The van der Waals surface area contributed by atoms with Gasteiger partial charge in [0.15, 0.2) is 5.60 Å². The normalized spacial score (nSPS) is 20.9. The van der Waals surface area contributed by atoms with Crippen LogP contribution in [0.3, 0.4) is 0 Å². The Kier molecular flexibility index (Phi) is 5.58. The second-order valence-electron chi connectivity index (χ2n) is 9.00. The van der Waals surface area contributed by atoms with Crippen molar-refractivity contribution in [2.45, 2.75) is 58.4 Å². The van der Waals surface area contributed by atoms with E-state index in [0.717, 1.165) is 6.92 Å². The summed E-state index contributed by atoms with van der Waals surface area (Å²) in [5.74, 6) is -1.76. The van der Waals surface area contributed by atoms with Gasteiger partial charge in [0.25, 0.3) is 11.8 Å². The third kappa shape index (κ3) is 3.55. The Morgan fingerprint density at radius 2 is 2.11 bits per heavy atom. The highest BCUT2D eigenvalue weighted by atomic mass is 16.7. The number of esters is 2. The minimum atomic E-state index is -2.09. The summed E-state index contributed by atoms with van der Waals surface area (Å²) in [7, 11) is 0. The van der Waals surface area contributed by atoms with Gasteiger partial charge < -0.3 is 29.4 Å². The number of benzene rings is 1. The van der Waals surface area contributed by atoms with Crippen molar-refractivity contribution in [3.63, 3.8) is 0 Å². The van der Waals surface area contributed by atoms with E-state index < -0.39 is 35.6 Å². The number of aromatic nitrogens is 2. The van der Waals surface area contributed by atoms with Crippen LogP contribution in [0.2, 0.25) is 0 Å². The molecular formula is C25H25N3O8. The van der Waals surface area contributed by atoms with E-state index in [1.807, 2.05) is 0 Å². The third-order valence-electron chi connectivity index (χ3n) is 6.65. The average Bonchev–Trinajstić information content (AvgIpc) is 3.18. The number of fused-ring (bicyclic) bond motifs is 5. The van der Waals surface area contributed by atoms with Crippen molar-refractivity contribution in [3.05, 3.63) is 56.9 Å². The number of aliphatic hydroxyl groups excluding tert-OH is 1. The summed E-state index contributed by atoms with van der Waals surface area (Å²) in [5, 5.41) is 34.8. The van der Waals surface area contributed by atoms with Crippen molar-refractivity contribution >= 4 is 22.8 Å². The SMILES string of the molecule is CC[C@@]1(O)C(=O)OC(OC(C)=O)c2c1cc1n(c2=O)Cc2cc3c(O)c(CNC(C)O)ccc3nc2-1. The number of hydrogen-bond donors (Lipinski definition) is 4. The number of aromatic hydroxyl groups is 1. The summed E-state index contributed by atoms with van der Waals surface area (Å²) in [4.78, 5) is 42.6. The molecule has 0 saturated heterocycles. The summed E-state index contributed by atoms with van der Waals surface area (Å²) in [5.41, 5.74) is -0.225. The van der Waals surface area contributed by atoms with E-state index in [4.69, 9.17) is 9.47 Å². The number of cyclic esters (lactones) is 1. The van der Waals surface area contributed by atoms with Gasteiger partial charge in [0.05, 0.1) is 23.4 Å². The van der Waals surface area contributed by atoms with Gasteiger partial charge in [0.1, 0.15) is 17.5 Å². The minimum Gasteiger partial charge on any atom is -0.507 e. The predicted octanol–water partition coefficient (Wildman–Crippen LogP) is 1.27. The van der Waals surface area contributed by atoms with Crippen molar-refractivity contribution < 1.29 is 34.4 Å². The van der Waals surface area contributed by atoms with Crippen LogP contribution in [0.1, 0.15) is 55.7 Å². The Hall–Kier alpha value is -3.80. The van der Waals surface area contributed by atoms with E-state index in [1.54, 1.807) is 32.0 Å². The van der Waals surface area contributed by atoms with Crippen LogP contribution in [-0.4, -0.2) is 43.0 Å². The average molecular weight is 495 g/mol. The minimum absolute atomic E-state index is 0.00724. The molecule has 11 heteroatoms. The number of carbonyl (C=O) groups is 2. The lowest BCUT2D eigenvalue weighted by atomic mass is 9.85. The fraction of sp³-hybridized carbons (Fsp3) is 0.360. The molecule has 2 aromatic heterocycles. The van der Waals surface area contributed by atoms with Gasteiger partial charge in [-0.25, -0.2) is 9.78 Å². The molecule has 3 atom stereocenters. The van der Waals surface area contributed by atoms with E-state index >= 15 is 0 Å². The second-order valence-corrected chi connectivity index (χ2v) is 9.00. The lowest BCUT2D eigenvalue weighted by Gasteiger charge is -2.35. The molecule has 0 amide bonds. The molecule has 3 aromatic rings. The number of phenols is 1. The summed E-state index contributed by atoms with van der Waals surface area (Å²) in [6.45, 7) is 4.63. The lowest BCUT2D eigenvalue weighted by Crippen LogP contribution is -2.46. The van der Waals surface area contributed by atoms with E-state index in [0.29, 0.717) is 33.4 Å². The number of aliphatic hydroxyl groups is 2. The van der Waals surface area contributed by atoms with Gasteiger partial charge in [0.2, 0.25) is 0 Å². The maximum absolute atomic E-state index is 13.6. The Bertz CT molecular complexity index is 1500. The van der Waals surface area contributed by atoms with Crippen molar-refractivity contribution in [3.8, 4) is 17.1 Å². The summed E-state index contributed by atoms with van der Waals surface area (Å²) < 4.78 is 11.7. The van der Waals surface area contributed by atoms with Crippen molar-refractivity contribution in [1.82, 2.24) is 14.9 Å². The molecule has 4 heterocycles. The number of pyridine rings is 2. The molecule has 2 unspecified atom stereocenters. The smallest absolute Gasteiger partial charge is 0.346 e. The maximum Gasteiger partial charge on any atom is 0.346 e. The molecule has 5 rings (SSSR count). The molecule has 0 radical (unpaired) electrons. The van der Waals surface area contributed by atoms with Gasteiger partial charge in [-0.2, -0.15) is 0 Å². The second kappa shape index (κ2) is 8.40. The number of ether oxygens (including phenoxy) is 2.